The Kier molecular flexibility index (Phi) is 5.43. The normalized spacial score (nSPS) is 41.0. The van der Waals surface area contributed by atoms with E-state index in [0.717, 1.165) is 30.5 Å². The molecule has 1 heterocycles. The molecule has 2 bridgehead atoms. The van der Waals surface area contributed by atoms with Crippen molar-refractivity contribution >= 4 is 35.5 Å². The summed E-state index contributed by atoms with van der Waals surface area (Å²) in [6.07, 6.45) is 5.98. The van der Waals surface area contributed by atoms with Crippen LogP contribution >= 0.6 is 28.3 Å². The molecule has 6 heteroatoms. The van der Waals surface area contributed by atoms with Crippen LogP contribution in [0.25, 0.3) is 0 Å². The highest BCUT2D eigenvalue weighted by molar-refractivity contribution is 9.09. The monoisotopic (exact) mass is 379 g/mol. The molecule has 5 atom stereocenters. The molecule has 0 aromatic heterocycles. The first-order valence-corrected chi connectivity index (χ1v) is 9.16. The number of alkyl halides is 1. The van der Waals surface area contributed by atoms with Crippen LogP contribution in [0.1, 0.15) is 52.9 Å². The highest BCUT2D eigenvalue weighted by Gasteiger charge is 2.68. The molecule has 0 aromatic rings. The van der Waals surface area contributed by atoms with Crippen LogP contribution in [0.5, 0.6) is 0 Å². The minimum atomic E-state index is -0.199. The Bertz CT molecular complexity index is 387. The van der Waals surface area contributed by atoms with Gasteiger partial charge in [0.1, 0.15) is 0 Å². The Morgan fingerprint density at radius 2 is 2.00 bits per heavy atom. The Morgan fingerprint density at radius 1 is 1.29 bits per heavy atom. The molecule has 3 saturated carbocycles. The van der Waals surface area contributed by atoms with Gasteiger partial charge in [-0.25, -0.2) is 0 Å². The fraction of sp³-hybridized carbons (Fsp3) is 1.00. The van der Waals surface area contributed by atoms with E-state index in [1.54, 1.807) is 0 Å². The molecule has 122 valence electrons. The fourth-order valence-corrected chi connectivity index (χ4v) is 5.09. The van der Waals surface area contributed by atoms with Crippen molar-refractivity contribution in [3.63, 3.8) is 0 Å². The molecule has 21 heavy (non-hydrogen) atoms. The number of hydrogen-bond donors (Lipinski definition) is 1. The molecule has 3 nitrogen and oxygen atoms in total. The standard InChI is InChI=1S/C15H27BBrNO2.ClH/c1-14(2)10-8-11(14)15(3)12(9-10)19-16(20-15)13(18)6-4-5-7-17;/h10-13H,4-9,18H2,1-3H3;1H. The average Bonchev–Trinajstić information content (AvgIpc) is 2.75. The summed E-state index contributed by atoms with van der Waals surface area (Å²) in [7, 11) is -0.199. The third-order valence-electron chi connectivity index (χ3n) is 6.24. The zero-order valence-corrected chi connectivity index (χ0v) is 15.7. The molecule has 1 saturated heterocycles. The van der Waals surface area contributed by atoms with E-state index < -0.39 is 0 Å². The Morgan fingerprint density at radius 3 is 2.62 bits per heavy atom. The van der Waals surface area contributed by atoms with Gasteiger partial charge in [0, 0.05) is 11.3 Å². The first-order chi connectivity index (χ1) is 9.39. The van der Waals surface area contributed by atoms with E-state index in [1.165, 1.54) is 12.8 Å². The molecule has 2 N–H and O–H groups in total. The molecule has 4 aliphatic rings. The minimum Gasteiger partial charge on any atom is -0.404 e. The second kappa shape index (κ2) is 6.31. The Hall–Kier alpha value is 0.715. The van der Waals surface area contributed by atoms with Gasteiger partial charge in [-0.1, -0.05) is 36.2 Å². The lowest BCUT2D eigenvalue weighted by atomic mass is 9.43. The van der Waals surface area contributed by atoms with Crippen molar-refractivity contribution in [2.75, 3.05) is 5.33 Å². The van der Waals surface area contributed by atoms with E-state index in [-0.39, 0.29) is 37.2 Å². The molecular formula is C15H28BBrClNO2. The first kappa shape index (κ1) is 18.1. The predicted octanol–water partition coefficient (Wildman–Crippen LogP) is 3.57. The van der Waals surface area contributed by atoms with Gasteiger partial charge < -0.3 is 15.0 Å². The minimum absolute atomic E-state index is 0. The second-order valence-electron chi connectivity index (χ2n) is 7.69. The lowest BCUT2D eigenvalue weighted by Crippen LogP contribution is -2.65. The zero-order chi connectivity index (χ0) is 14.5. The molecule has 3 aliphatic carbocycles. The maximum absolute atomic E-state index is 6.37. The van der Waals surface area contributed by atoms with E-state index in [2.05, 4.69) is 36.7 Å². The first-order valence-electron chi connectivity index (χ1n) is 8.04. The predicted molar refractivity (Wildman–Crippen MR) is 93.0 cm³/mol. The van der Waals surface area contributed by atoms with E-state index in [1.807, 2.05) is 0 Å². The molecule has 0 spiro atoms. The molecule has 4 fully saturated rings. The van der Waals surface area contributed by atoms with Gasteiger partial charge in [-0.3, -0.25) is 0 Å². The second-order valence-corrected chi connectivity index (χ2v) is 8.48. The van der Waals surface area contributed by atoms with Crippen LogP contribution in [-0.4, -0.2) is 30.1 Å². The van der Waals surface area contributed by atoms with Crippen molar-refractivity contribution in [2.24, 2.45) is 23.0 Å². The summed E-state index contributed by atoms with van der Waals surface area (Å²) < 4.78 is 12.6. The van der Waals surface area contributed by atoms with Crippen molar-refractivity contribution in [1.29, 1.82) is 0 Å². The van der Waals surface area contributed by atoms with Gasteiger partial charge in [0.15, 0.2) is 0 Å². The SMILES string of the molecule is CC1(C)C2CC3OB(C(N)CCCCBr)OC3(C)C1C2.Cl. The Balaban J connectivity index is 0.00000161. The lowest BCUT2D eigenvalue weighted by molar-refractivity contribution is -0.199. The van der Waals surface area contributed by atoms with E-state index in [4.69, 9.17) is 15.0 Å². The van der Waals surface area contributed by atoms with E-state index >= 15 is 0 Å². The van der Waals surface area contributed by atoms with Crippen LogP contribution in [-0.2, 0) is 9.31 Å². The lowest BCUT2D eigenvalue weighted by Gasteiger charge is -2.64. The van der Waals surface area contributed by atoms with E-state index in [0.29, 0.717) is 11.3 Å². The maximum atomic E-state index is 6.37. The maximum Gasteiger partial charge on any atom is 0.475 e. The van der Waals surface area contributed by atoms with Gasteiger partial charge >= 0.3 is 7.12 Å². The van der Waals surface area contributed by atoms with Crippen molar-refractivity contribution in [3.05, 3.63) is 0 Å². The Labute approximate surface area is 143 Å². The van der Waals surface area contributed by atoms with Gasteiger partial charge in [0.25, 0.3) is 0 Å². The van der Waals surface area contributed by atoms with Crippen LogP contribution in [0.4, 0.5) is 0 Å². The topological polar surface area (TPSA) is 44.5 Å². The van der Waals surface area contributed by atoms with Gasteiger partial charge in [0.2, 0.25) is 0 Å². The quantitative estimate of drug-likeness (QED) is 0.450. The van der Waals surface area contributed by atoms with Crippen LogP contribution in [0.2, 0.25) is 0 Å². The number of halogens is 2. The number of hydrogen-bond acceptors (Lipinski definition) is 3. The van der Waals surface area contributed by atoms with Crippen molar-refractivity contribution in [2.45, 2.75) is 70.5 Å². The highest BCUT2D eigenvalue weighted by atomic mass is 79.9. The molecule has 0 amide bonds. The molecular weight excluding hydrogens is 352 g/mol. The summed E-state index contributed by atoms with van der Waals surface area (Å²) in [6, 6.07) is 0. The molecule has 1 aliphatic heterocycles. The number of nitrogens with two attached hydrogens (primary N) is 1. The summed E-state index contributed by atoms with van der Waals surface area (Å²) in [5, 5.41) is 1.05. The fourth-order valence-electron chi connectivity index (χ4n) is 4.69. The molecule has 5 unspecified atom stereocenters. The molecule has 4 rings (SSSR count). The molecule has 0 aromatic carbocycles. The van der Waals surface area contributed by atoms with Crippen LogP contribution < -0.4 is 5.73 Å². The van der Waals surface area contributed by atoms with Crippen LogP contribution in [0.3, 0.4) is 0 Å². The van der Waals surface area contributed by atoms with Crippen molar-refractivity contribution in [3.8, 4) is 0 Å². The summed E-state index contributed by atoms with van der Waals surface area (Å²) in [5.74, 6) is 1.44. The van der Waals surface area contributed by atoms with Gasteiger partial charge in [-0.15, -0.1) is 12.4 Å². The summed E-state index contributed by atoms with van der Waals surface area (Å²) in [5.41, 5.74) is 6.59. The third-order valence-corrected chi connectivity index (χ3v) is 6.80. The van der Waals surface area contributed by atoms with E-state index in [9.17, 15) is 0 Å². The smallest absolute Gasteiger partial charge is 0.404 e. The molecule has 0 radical (unpaired) electrons. The van der Waals surface area contributed by atoms with Crippen molar-refractivity contribution in [1.82, 2.24) is 0 Å². The number of unbranched alkanes of at least 4 members (excludes halogenated alkanes) is 1. The largest absolute Gasteiger partial charge is 0.475 e. The van der Waals surface area contributed by atoms with Crippen LogP contribution in [0.15, 0.2) is 0 Å². The zero-order valence-electron chi connectivity index (χ0n) is 13.3. The summed E-state index contributed by atoms with van der Waals surface area (Å²) in [6.45, 7) is 7.03. The van der Waals surface area contributed by atoms with Crippen molar-refractivity contribution < 1.29 is 9.31 Å². The van der Waals surface area contributed by atoms with Gasteiger partial charge in [-0.2, -0.15) is 0 Å². The number of rotatable bonds is 5. The van der Waals surface area contributed by atoms with Gasteiger partial charge in [0.05, 0.1) is 11.7 Å². The van der Waals surface area contributed by atoms with Gasteiger partial charge in [-0.05, 0) is 49.9 Å². The highest BCUT2D eigenvalue weighted by Crippen LogP contribution is 2.65. The summed E-state index contributed by atoms with van der Waals surface area (Å²) >= 11 is 3.46. The summed E-state index contributed by atoms with van der Waals surface area (Å²) in [4.78, 5) is 0. The third kappa shape index (κ3) is 2.82. The average molecular weight is 381 g/mol. The van der Waals surface area contributed by atoms with Crippen LogP contribution in [0, 0.1) is 17.3 Å².